The van der Waals surface area contributed by atoms with Gasteiger partial charge in [-0.05, 0) is 54.0 Å². The molecule has 0 aromatic heterocycles. The van der Waals surface area contributed by atoms with Crippen LogP contribution in [0.2, 0.25) is 0 Å². The molecule has 0 aliphatic heterocycles. The lowest BCUT2D eigenvalue weighted by Crippen LogP contribution is -2.42. The van der Waals surface area contributed by atoms with E-state index in [9.17, 15) is 14.4 Å². The Morgan fingerprint density at radius 1 is 0.946 bits per heavy atom. The minimum atomic E-state index is -0.799. The molecule has 0 heterocycles. The quantitative estimate of drug-likeness (QED) is 0.197. The van der Waals surface area contributed by atoms with Crippen LogP contribution in [0, 0.1) is 0 Å². The number of methoxy groups -OCH3 is 2. The van der Waals surface area contributed by atoms with Crippen molar-refractivity contribution >= 4 is 29.2 Å². The minimum Gasteiger partial charge on any atom is -0.497 e. The highest BCUT2D eigenvalue weighted by Crippen LogP contribution is 2.25. The average Bonchev–Trinajstić information content (AvgIpc) is 2.92. The number of amides is 1. The number of nitrogen functional groups attached to an aromatic ring is 1. The number of carbonyl (C=O) groups excluding carboxylic acids is 3. The van der Waals surface area contributed by atoms with Crippen LogP contribution >= 0.6 is 0 Å². The Labute approximate surface area is 215 Å². The number of aliphatic hydroxyl groups is 1. The van der Waals surface area contributed by atoms with Crippen LogP contribution in [0.4, 0.5) is 5.69 Å². The molecule has 0 fully saturated rings. The first-order valence-corrected chi connectivity index (χ1v) is 11.6. The third-order valence-corrected chi connectivity index (χ3v) is 5.77. The number of aliphatic hydroxyl groups excluding tert-OH is 1. The molecule has 192 valence electrons. The van der Waals surface area contributed by atoms with Crippen molar-refractivity contribution in [2.45, 2.75) is 18.9 Å². The van der Waals surface area contributed by atoms with Crippen molar-refractivity contribution in [2.75, 3.05) is 26.6 Å². The summed E-state index contributed by atoms with van der Waals surface area (Å²) >= 11 is 0. The van der Waals surface area contributed by atoms with Gasteiger partial charge in [-0.3, -0.25) is 14.4 Å². The predicted octanol–water partition coefficient (Wildman–Crippen LogP) is 3.01. The highest BCUT2D eigenvalue weighted by molar-refractivity contribution is 5.98. The van der Waals surface area contributed by atoms with Crippen LogP contribution in [-0.2, 0) is 22.4 Å². The molecule has 0 spiro atoms. The van der Waals surface area contributed by atoms with Gasteiger partial charge in [0, 0.05) is 29.3 Å². The molecule has 3 aromatic rings. The lowest BCUT2D eigenvalue weighted by molar-refractivity contribution is -0.125. The molecule has 0 saturated heterocycles. The number of hydrogen-bond donors (Lipinski definition) is 3. The zero-order valence-electron chi connectivity index (χ0n) is 20.8. The Hall–Kier alpha value is -4.43. The van der Waals surface area contributed by atoms with Gasteiger partial charge in [0.2, 0.25) is 5.91 Å². The van der Waals surface area contributed by atoms with E-state index < -0.39 is 24.3 Å². The van der Waals surface area contributed by atoms with Gasteiger partial charge in [0.25, 0.3) is 0 Å². The van der Waals surface area contributed by atoms with Crippen molar-refractivity contribution < 1.29 is 29.0 Å². The summed E-state index contributed by atoms with van der Waals surface area (Å²) in [4.78, 5) is 37.7. The maximum atomic E-state index is 13.2. The largest absolute Gasteiger partial charge is 0.497 e. The second kappa shape index (κ2) is 13.0. The molecule has 0 radical (unpaired) electrons. The summed E-state index contributed by atoms with van der Waals surface area (Å²) in [7, 11) is 3.08. The molecule has 8 heteroatoms. The molecule has 37 heavy (non-hydrogen) atoms. The van der Waals surface area contributed by atoms with Crippen LogP contribution in [0.25, 0.3) is 6.08 Å². The summed E-state index contributed by atoms with van der Waals surface area (Å²) < 4.78 is 10.6. The highest BCUT2D eigenvalue weighted by atomic mass is 16.5. The fourth-order valence-electron chi connectivity index (χ4n) is 3.71. The molecule has 0 saturated carbocycles. The molecule has 8 nitrogen and oxygen atoms in total. The molecular formula is C29H30N2O6. The second-order valence-electron chi connectivity index (χ2n) is 8.37. The van der Waals surface area contributed by atoms with Gasteiger partial charge in [0.05, 0.1) is 20.3 Å². The van der Waals surface area contributed by atoms with Crippen LogP contribution in [0.1, 0.15) is 27.0 Å². The number of anilines is 1. The summed E-state index contributed by atoms with van der Waals surface area (Å²) in [5, 5.41) is 11.8. The van der Waals surface area contributed by atoms with Crippen molar-refractivity contribution in [1.82, 2.24) is 5.32 Å². The first-order valence-electron chi connectivity index (χ1n) is 11.6. The zero-order valence-corrected chi connectivity index (χ0v) is 20.8. The van der Waals surface area contributed by atoms with E-state index in [0.717, 1.165) is 5.56 Å². The molecule has 0 aliphatic carbocycles. The van der Waals surface area contributed by atoms with Gasteiger partial charge in [0.15, 0.2) is 11.6 Å². The number of nitrogens with one attached hydrogen (secondary N) is 1. The summed E-state index contributed by atoms with van der Waals surface area (Å²) in [5.41, 5.74) is 8.92. The Morgan fingerprint density at radius 3 is 2.24 bits per heavy atom. The number of ether oxygens (including phenoxy) is 2. The fourth-order valence-corrected chi connectivity index (χ4v) is 3.71. The van der Waals surface area contributed by atoms with E-state index >= 15 is 0 Å². The Balaban J connectivity index is 1.77. The van der Waals surface area contributed by atoms with Crippen molar-refractivity contribution in [3.8, 4) is 11.5 Å². The SMILES string of the molecule is COc1ccc(OC)c(/C=C/C(=O)N[C@@H](Cc2ccc(N)cc2)C(=O)Cc2ccc(C(=O)CO)cc2)c1. The van der Waals surface area contributed by atoms with E-state index in [-0.39, 0.29) is 18.6 Å². The molecule has 4 N–H and O–H groups in total. The lowest BCUT2D eigenvalue weighted by Gasteiger charge is -2.17. The summed E-state index contributed by atoms with van der Waals surface area (Å²) in [6, 6.07) is 18.0. The standard InChI is InChI=1S/C29H30N2O6/c1-36-24-12-13-28(37-2)22(17-24)9-14-29(35)31-25(15-19-5-10-23(30)11-6-19)26(33)16-20-3-7-21(8-4-20)27(34)18-32/h3-14,17,25,32H,15-16,18,30H2,1-2H3,(H,31,35)/b14-9+/t25-/m0/s1. The zero-order chi connectivity index (χ0) is 26.8. The Bertz CT molecular complexity index is 1270. The number of ketones is 2. The van der Waals surface area contributed by atoms with E-state index in [1.54, 1.807) is 67.8 Å². The summed E-state index contributed by atoms with van der Waals surface area (Å²) in [5.74, 6) is 0.151. The van der Waals surface area contributed by atoms with Crippen LogP contribution in [0.5, 0.6) is 11.5 Å². The number of nitrogens with two attached hydrogens (primary N) is 1. The molecule has 0 bridgehead atoms. The molecule has 1 amide bonds. The lowest BCUT2D eigenvalue weighted by atomic mass is 9.96. The van der Waals surface area contributed by atoms with Gasteiger partial charge in [0.1, 0.15) is 18.1 Å². The third kappa shape index (κ3) is 7.78. The highest BCUT2D eigenvalue weighted by Gasteiger charge is 2.21. The van der Waals surface area contributed by atoms with Crippen LogP contribution < -0.4 is 20.5 Å². The van der Waals surface area contributed by atoms with E-state index in [2.05, 4.69) is 5.32 Å². The van der Waals surface area contributed by atoms with E-state index in [4.69, 9.17) is 20.3 Å². The number of carbonyl (C=O) groups is 3. The van der Waals surface area contributed by atoms with Crippen molar-refractivity contribution in [3.63, 3.8) is 0 Å². The molecular weight excluding hydrogens is 472 g/mol. The number of benzene rings is 3. The van der Waals surface area contributed by atoms with Crippen LogP contribution in [0.3, 0.4) is 0 Å². The van der Waals surface area contributed by atoms with Gasteiger partial charge >= 0.3 is 0 Å². The van der Waals surface area contributed by atoms with Crippen molar-refractivity contribution in [2.24, 2.45) is 0 Å². The van der Waals surface area contributed by atoms with Crippen molar-refractivity contribution in [1.29, 1.82) is 0 Å². The van der Waals surface area contributed by atoms with Gasteiger partial charge in [-0.1, -0.05) is 36.4 Å². The maximum Gasteiger partial charge on any atom is 0.244 e. The number of rotatable bonds is 12. The average molecular weight is 503 g/mol. The molecule has 0 unspecified atom stereocenters. The summed E-state index contributed by atoms with van der Waals surface area (Å²) in [6.07, 6.45) is 3.28. The van der Waals surface area contributed by atoms with Crippen LogP contribution in [0.15, 0.2) is 72.8 Å². The van der Waals surface area contributed by atoms with Gasteiger partial charge in [-0.2, -0.15) is 0 Å². The fraction of sp³-hybridized carbons (Fsp3) is 0.207. The van der Waals surface area contributed by atoms with E-state index in [0.29, 0.717) is 33.9 Å². The number of Topliss-reactive ketones (excluding diaryl/α,β-unsaturated/α-hetero) is 2. The van der Waals surface area contributed by atoms with Gasteiger partial charge < -0.3 is 25.6 Å². The molecule has 3 rings (SSSR count). The molecule has 3 aromatic carbocycles. The maximum absolute atomic E-state index is 13.2. The number of hydrogen-bond acceptors (Lipinski definition) is 7. The van der Waals surface area contributed by atoms with Gasteiger partial charge in [-0.15, -0.1) is 0 Å². The van der Waals surface area contributed by atoms with Gasteiger partial charge in [-0.25, -0.2) is 0 Å². The summed E-state index contributed by atoms with van der Waals surface area (Å²) in [6.45, 7) is -0.580. The first-order chi connectivity index (χ1) is 17.8. The Kier molecular flexibility index (Phi) is 9.57. The minimum absolute atomic E-state index is 0.0565. The Morgan fingerprint density at radius 2 is 1.62 bits per heavy atom. The van der Waals surface area contributed by atoms with E-state index in [1.807, 2.05) is 12.1 Å². The monoisotopic (exact) mass is 502 g/mol. The van der Waals surface area contributed by atoms with E-state index in [1.165, 1.54) is 13.2 Å². The first kappa shape index (κ1) is 27.2. The second-order valence-corrected chi connectivity index (χ2v) is 8.37. The smallest absolute Gasteiger partial charge is 0.244 e. The predicted molar refractivity (Wildman–Crippen MR) is 142 cm³/mol. The van der Waals surface area contributed by atoms with Crippen LogP contribution in [-0.4, -0.2) is 49.4 Å². The topological polar surface area (TPSA) is 128 Å². The van der Waals surface area contributed by atoms with Crippen molar-refractivity contribution in [3.05, 3.63) is 95.1 Å². The molecule has 0 aliphatic rings. The third-order valence-electron chi connectivity index (χ3n) is 5.77. The normalized spacial score (nSPS) is 11.6. The molecule has 1 atom stereocenters.